The Morgan fingerprint density at radius 3 is 1.90 bits per heavy atom. The summed E-state index contributed by atoms with van der Waals surface area (Å²) in [6.07, 6.45) is 0. The number of furan rings is 2. The Labute approximate surface area is 286 Å². The molecule has 3 heterocycles. The average Bonchev–Trinajstić information content (AvgIpc) is 3.76. The van der Waals surface area contributed by atoms with Crippen molar-refractivity contribution in [1.82, 2.24) is 9.97 Å². The highest BCUT2D eigenvalue weighted by Crippen LogP contribution is 2.47. The molecular weight excluding hydrogens is 613 g/mol. The number of benzene rings is 8. The summed E-state index contributed by atoms with van der Waals surface area (Å²) >= 11 is 0. The van der Waals surface area contributed by atoms with Crippen molar-refractivity contribution < 1.29 is 8.83 Å². The lowest BCUT2D eigenvalue weighted by Crippen LogP contribution is -1.94. The molecule has 11 aromatic rings. The largest absolute Gasteiger partial charge is 0.456 e. The van der Waals surface area contributed by atoms with Gasteiger partial charge in [0.1, 0.15) is 28.0 Å². The fraction of sp³-hybridized carbons (Fsp3) is 0. The van der Waals surface area contributed by atoms with Crippen LogP contribution in [0.3, 0.4) is 0 Å². The Kier molecular flexibility index (Phi) is 5.63. The van der Waals surface area contributed by atoms with E-state index in [2.05, 4.69) is 121 Å². The van der Waals surface area contributed by atoms with E-state index in [1.54, 1.807) is 0 Å². The molecule has 0 unspecified atom stereocenters. The van der Waals surface area contributed by atoms with Crippen molar-refractivity contribution in [1.29, 1.82) is 0 Å². The summed E-state index contributed by atoms with van der Waals surface area (Å²) in [5, 5.41) is 8.23. The Morgan fingerprint density at radius 2 is 1.00 bits per heavy atom. The second kappa shape index (κ2) is 10.4. The Hall–Kier alpha value is -6.78. The fourth-order valence-corrected chi connectivity index (χ4v) is 7.88. The molecule has 0 amide bonds. The zero-order valence-electron chi connectivity index (χ0n) is 26.7. The Bertz CT molecular complexity index is 3100. The van der Waals surface area contributed by atoms with Gasteiger partial charge in [-0.1, -0.05) is 121 Å². The molecule has 0 aliphatic carbocycles. The molecule has 0 saturated carbocycles. The van der Waals surface area contributed by atoms with Gasteiger partial charge in [-0.15, -0.1) is 0 Å². The Balaban J connectivity index is 1.14. The second-order valence-electron chi connectivity index (χ2n) is 12.9. The van der Waals surface area contributed by atoms with Gasteiger partial charge in [-0.05, 0) is 74.8 Å². The van der Waals surface area contributed by atoms with Crippen LogP contribution in [0.25, 0.3) is 110 Å². The topological polar surface area (TPSA) is 52.1 Å². The lowest BCUT2D eigenvalue weighted by molar-refractivity contribution is 0.667. The molecule has 0 bridgehead atoms. The molecule has 8 aromatic carbocycles. The zero-order chi connectivity index (χ0) is 32.8. The predicted molar refractivity (Wildman–Crippen MR) is 205 cm³/mol. The zero-order valence-corrected chi connectivity index (χ0v) is 26.7. The van der Waals surface area contributed by atoms with Gasteiger partial charge in [0.25, 0.3) is 0 Å². The summed E-state index contributed by atoms with van der Waals surface area (Å²) in [6.45, 7) is 0. The maximum atomic E-state index is 6.43. The van der Waals surface area contributed by atoms with E-state index < -0.39 is 0 Å². The first-order chi connectivity index (χ1) is 24.8. The molecule has 0 fully saturated rings. The van der Waals surface area contributed by atoms with Crippen LogP contribution >= 0.6 is 0 Å². The van der Waals surface area contributed by atoms with Gasteiger partial charge in [-0.2, -0.15) is 0 Å². The molecule has 0 N–H and O–H groups in total. The lowest BCUT2D eigenvalue weighted by atomic mass is 9.87. The molecule has 0 spiro atoms. The first-order valence-corrected chi connectivity index (χ1v) is 16.8. The lowest BCUT2D eigenvalue weighted by Gasteiger charge is -2.16. The number of nitrogens with zero attached hydrogens (tertiary/aromatic N) is 2. The van der Waals surface area contributed by atoms with Crippen LogP contribution in [0.4, 0.5) is 0 Å². The molecule has 0 aliphatic heterocycles. The molecule has 232 valence electrons. The monoisotopic (exact) mass is 638 g/mol. The minimum absolute atomic E-state index is 0.657. The summed E-state index contributed by atoms with van der Waals surface area (Å²) in [7, 11) is 0. The number of hydrogen-bond acceptors (Lipinski definition) is 4. The highest BCUT2D eigenvalue weighted by molar-refractivity contribution is 6.35. The van der Waals surface area contributed by atoms with E-state index >= 15 is 0 Å². The smallest absolute Gasteiger partial charge is 0.180 e. The third-order valence-corrected chi connectivity index (χ3v) is 10.1. The van der Waals surface area contributed by atoms with E-state index in [4.69, 9.17) is 18.8 Å². The van der Waals surface area contributed by atoms with Crippen molar-refractivity contribution >= 4 is 65.6 Å². The fourth-order valence-electron chi connectivity index (χ4n) is 7.88. The third-order valence-electron chi connectivity index (χ3n) is 10.1. The van der Waals surface area contributed by atoms with Crippen LogP contribution in [-0.2, 0) is 0 Å². The number of fused-ring (bicyclic) bond motifs is 6. The number of aromatic nitrogens is 2. The van der Waals surface area contributed by atoms with Gasteiger partial charge in [-0.25, -0.2) is 9.97 Å². The van der Waals surface area contributed by atoms with Crippen molar-refractivity contribution in [3.63, 3.8) is 0 Å². The number of para-hydroxylation sites is 1. The summed E-state index contributed by atoms with van der Waals surface area (Å²) < 4.78 is 12.8. The van der Waals surface area contributed by atoms with Crippen molar-refractivity contribution in [2.24, 2.45) is 0 Å². The molecule has 0 aliphatic rings. The standard InChI is InChI=1S/C46H26N2O2/c1-2-12-27(13-3-1)43-45-44(36-20-8-9-22-37(36)50-45)48-46(47-43)29-15-10-14-28(26-29)30-16-4-5-17-31(30)35-24-25-39-42-40(35)33-19-7-6-18-32(33)34-21-11-23-38(49-39)41(34)42/h1-26H. The van der Waals surface area contributed by atoms with Gasteiger partial charge < -0.3 is 8.83 Å². The SMILES string of the molecule is c1ccc(-c2nc(-c3cccc(-c4ccccc4-c4ccc5oc6cccc7c8ccccc8c4c5c67)c3)nc3c2oc2ccccc23)cc1. The van der Waals surface area contributed by atoms with Crippen LogP contribution in [-0.4, -0.2) is 9.97 Å². The van der Waals surface area contributed by atoms with Crippen LogP contribution in [0.15, 0.2) is 167 Å². The van der Waals surface area contributed by atoms with Gasteiger partial charge in [0.05, 0.1) is 0 Å². The van der Waals surface area contributed by atoms with Crippen LogP contribution in [0.1, 0.15) is 0 Å². The van der Waals surface area contributed by atoms with Crippen molar-refractivity contribution in [3.05, 3.63) is 158 Å². The van der Waals surface area contributed by atoms with Crippen LogP contribution < -0.4 is 0 Å². The molecule has 0 saturated heterocycles. The molecule has 4 nitrogen and oxygen atoms in total. The van der Waals surface area contributed by atoms with Crippen LogP contribution in [0, 0.1) is 0 Å². The summed E-state index contributed by atoms with van der Waals surface area (Å²) in [5.41, 5.74) is 11.4. The number of hydrogen-bond donors (Lipinski definition) is 0. The number of rotatable bonds is 4. The van der Waals surface area contributed by atoms with Gasteiger partial charge in [-0.3, -0.25) is 0 Å². The van der Waals surface area contributed by atoms with Crippen molar-refractivity contribution in [2.75, 3.05) is 0 Å². The first-order valence-electron chi connectivity index (χ1n) is 16.8. The summed E-state index contributed by atoms with van der Waals surface area (Å²) in [6, 6.07) is 55.0. The van der Waals surface area contributed by atoms with Crippen LogP contribution in [0.5, 0.6) is 0 Å². The normalized spacial score (nSPS) is 12.0. The quantitative estimate of drug-likeness (QED) is 0.180. The Morgan fingerprint density at radius 1 is 0.360 bits per heavy atom. The predicted octanol–water partition coefficient (Wildman–Crippen LogP) is 12.7. The van der Waals surface area contributed by atoms with Gasteiger partial charge >= 0.3 is 0 Å². The van der Waals surface area contributed by atoms with Gasteiger partial charge in [0.15, 0.2) is 11.4 Å². The molecule has 4 heteroatoms. The summed E-state index contributed by atoms with van der Waals surface area (Å²) in [4.78, 5) is 10.3. The molecule has 0 atom stereocenters. The van der Waals surface area contributed by atoms with Crippen molar-refractivity contribution in [3.8, 4) is 44.9 Å². The minimum Gasteiger partial charge on any atom is -0.456 e. The maximum absolute atomic E-state index is 6.43. The van der Waals surface area contributed by atoms with E-state index in [0.29, 0.717) is 11.4 Å². The minimum atomic E-state index is 0.657. The molecule has 11 rings (SSSR count). The van der Waals surface area contributed by atoms with Crippen molar-refractivity contribution in [2.45, 2.75) is 0 Å². The van der Waals surface area contributed by atoms with E-state index in [-0.39, 0.29) is 0 Å². The summed E-state index contributed by atoms with van der Waals surface area (Å²) in [5.74, 6) is 0.657. The van der Waals surface area contributed by atoms with Gasteiger partial charge in [0.2, 0.25) is 0 Å². The molecule has 3 aromatic heterocycles. The molecule has 0 radical (unpaired) electrons. The van der Waals surface area contributed by atoms with E-state index in [1.807, 2.05) is 36.4 Å². The van der Waals surface area contributed by atoms with E-state index in [9.17, 15) is 0 Å². The van der Waals surface area contributed by atoms with Gasteiger partial charge in [0, 0.05) is 32.7 Å². The highest BCUT2D eigenvalue weighted by atomic mass is 16.3. The maximum Gasteiger partial charge on any atom is 0.180 e. The second-order valence-corrected chi connectivity index (χ2v) is 12.9. The highest BCUT2D eigenvalue weighted by Gasteiger charge is 2.22. The van der Waals surface area contributed by atoms with Crippen LogP contribution in [0.2, 0.25) is 0 Å². The van der Waals surface area contributed by atoms with E-state index in [0.717, 1.165) is 61.2 Å². The average molecular weight is 639 g/mol. The first kappa shape index (κ1) is 27.2. The third kappa shape index (κ3) is 3.87. The molecule has 50 heavy (non-hydrogen) atoms. The van der Waals surface area contributed by atoms with E-state index in [1.165, 1.54) is 37.9 Å². The molecular formula is C46H26N2O2.